The molecule has 0 saturated heterocycles. The van der Waals surface area contributed by atoms with Crippen LogP contribution in [0.5, 0.6) is 0 Å². The van der Waals surface area contributed by atoms with Crippen LogP contribution in [0.15, 0.2) is 15.0 Å². The molecule has 0 aromatic carbocycles. The molecular weight excluding hydrogens is 150 g/mol. The highest BCUT2D eigenvalue weighted by Crippen LogP contribution is 2.18. The molecule has 1 unspecified atom stereocenters. The van der Waals surface area contributed by atoms with Crippen LogP contribution in [-0.2, 0) is 4.79 Å². The van der Waals surface area contributed by atoms with E-state index in [0.717, 1.165) is 5.04 Å². The maximum Gasteiger partial charge on any atom is 0.278 e. The van der Waals surface area contributed by atoms with Gasteiger partial charge in [-0.25, -0.2) is 4.99 Å². The van der Waals surface area contributed by atoms with Crippen molar-refractivity contribution >= 4 is 34.6 Å². The lowest BCUT2D eigenvalue weighted by Crippen LogP contribution is -2.24. The van der Waals surface area contributed by atoms with Gasteiger partial charge in [0.1, 0.15) is 11.4 Å². The summed E-state index contributed by atoms with van der Waals surface area (Å²) in [4.78, 5) is 22.1. The van der Waals surface area contributed by atoms with Gasteiger partial charge in [-0.3, -0.25) is 9.79 Å². The molecule has 2 aliphatic heterocycles. The molecule has 0 spiro atoms. The van der Waals surface area contributed by atoms with Crippen molar-refractivity contribution in [3.05, 3.63) is 0 Å². The third kappa shape index (κ3) is 0.706. The van der Waals surface area contributed by atoms with E-state index in [9.17, 15) is 4.79 Å². The summed E-state index contributed by atoms with van der Waals surface area (Å²) in [6, 6.07) is -0.421. The van der Waals surface area contributed by atoms with Crippen molar-refractivity contribution < 1.29 is 4.79 Å². The number of carbonyl (C=O) groups is 1. The Kier molecular flexibility index (Phi) is 1.17. The first-order chi connectivity index (χ1) is 4.88. The van der Waals surface area contributed by atoms with Crippen molar-refractivity contribution in [3.8, 4) is 0 Å². The minimum atomic E-state index is -0.421. The SMILES string of the molecule is O=C1N=CN=C2SC=NC12. The van der Waals surface area contributed by atoms with Gasteiger partial charge >= 0.3 is 0 Å². The molecule has 5 heteroatoms. The van der Waals surface area contributed by atoms with Crippen LogP contribution in [0.1, 0.15) is 0 Å². The topological polar surface area (TPSA) is 54.1 Å². The summed E-state index contributed by atoms with van der Waals surface area (Å²) in [5, 5.41) is 0.736. The zero-order chi connectivity index (χ0) is 6.97. The van der Waals surface area contributed by atoms with Crippen LogP contribution in [0.4, 0.5) is 0 Å². The van der Waals surface area contributed by atoms with Crippen molar-refractivity contribution in [1.29, 1.82) is 0 Å². The number of carbonyl (C=O) groups excluding carboxylic acids is 1. The van der Waals surface area contributed by atoms with E-state index in [1.54, 1.807) is 5.55 Å². The summed E-state index contributed by atoms with van der Waals surface area (Å²) < 4.78 is 0. The van der Waals surface area contributed by atoms with Crippen molar-refractivity contribution in [3.63, 3.8) is 0 Å². The van der Waals surface area contributed by atoms with E-state index in [4.69, 9.17) is 0 Å². The van der Waals surface area contributed by atoms with Crippen molar-refractivity contribution in [2.75, 3.05) is 0 Å². The predicted octanol–water partition coefficient (Wildman–Crippen LogP) is 0.0971. The summed E-state index contributed by atoms with van der Waals surface area (Å²) in [5.74, 6) is -0.216. The van der Waals surface area contributed by atoms with Crippen molar-refractivity contribution in [1.82, 2.24) is 0 Å². The van der Waals surface area contributed by atoms with Gasteiger partial charge in [0.25, 0.3) is 5.91 Å². The van der Waals surface area contributed by atoms with Crippen molar-refractivity contribution in [2.24, 2.45) is 15.0 Å². The molecule has 1 atom stereocenters. The largest absolute Gasteiger partial charge is 0.278 e. The Hall–Kier alpha value is -0.970. The van der Waals surface area contributed by atoms with E-state index in [0.29, 0.717) is 0 Å². The molecule has 2 aliphatic rings. The zero-order valence-corrected chi connectivity index (χ0v) is 5.71. The first-order valence-electron chi connectivity index (χ1n) is 2.70. The van der Waals surface area contributed by atoms with Gasteiger partial charge < -0.3 is 0 Å². The molecule has 0 bridgehead atoms. The van der Waals surface area contributed by atoms with Gasteiger partial charge in [0, 0.05) is 0 Å². The lowest BCUT2D eigenvalue weighted by molar-refractivity contribution is -0.117. The second-order valence-electron chi connectivity index (χ2n) is 1.83. The third-order valence-electron chi connectivity index (χ3n) is 1.22. The van der Waals surface area contributed by atoms with Gasteiger partial charge in [0.15, 0.2) is 6.04 Å². The summed E-state index contributed by atoms with van der Waals surface area (Å²) in [5.41, 5.74) is 1.62. The van der Waals surface area contributed by atoms with E-state index in [1.165, 1.54) is 18.1 Å². The highest BCUT2D eigenvalue weighted by atomic mass is 32.2. The quantitative estimate of drug-likeness (QED) is 0.495. The number of thioether (sulfide) groups is 1. The first kappa shape index (κ1) is 5.79. The van der Waals surface area contributed by atoms with E-state index >= 15 is 0 Å². The lowest BCUT2D eigenvalue weighted by Gasteiger charge is -2.04. The molecule has 4 nitrogen and oxygen atoms in total. The summed E-state index contributed by atoms with van der Waals surface area (Å²) in [7, 11) is 0. The Morgan fingerprint density at radius 2 is 2.50 bits per heavy atom. The van der Waals surface area contributed by atoms with Crippen LogP contribution in [0, 0.1) is 0 Å². The van der Waals surface area contributed by atoms with Crippen LogP contribution in [0.3, 0.4) is 0 Å². The molecule has 10 heavy (non-hydrogen) atoms. The highest BCUT2D eigenvalue weighted by Gasteiger charge is 2.28. The van der Waals surface area contributed by atoms with Crippen LogP contribution in [0.25, 0.3) is 0 Å². The van der Waals surface area contributed by atoms with Gasteiger partial charge in [0.2, 0.25) is 0 Å². The Morgan fingerprint density at radius 1 is 1.60 bits per heavy atom. The average molecular weight is 153 g/mol. The predicted molar refractivity (Wildman–Crippen MR) is 40.8 cm³/mol. The molecule has 0 aromatic heterocycles. The molecule has 0 aliphatic carbocycles. The number of fused-ring (bicyclic) bond motifs is 1. The van der Waals surface area contributed by atoms with Gasteiger partial charge in [-0.2, -0.15) is 4.99 Å². The number of rotatable bonds is 0. The lowest BCUT2D eigenvalue weighted by atomic mass is 10.3. The first-order valence-corrected chi connectivity index (χ1v) is 3.58. The number of hydrogen-bond donors (Lipinski definition) is 0. The molecule has 1 amide bonds. The maximum atomic E-state index is 10.9. The molecule has 0 N–H and O–H groups in total. The van der Waals surface area contributed by atoms with E-state index in [1.807, 2.05) is 0 Å². The second kappa shape index (κ2) is 2.02. The van der Waals surface area contributed by atoms with Crippen LogP contribution in [-0.4, -0.2) is 28.9 Å². The third-order valence-corrected chi connectivity index (χ3v) is 2.02. The average Bonchev–Trinajstić information content (AvgIpc) is 2.36. The molecule has 0 radical (unpaired) electrons. The van der Waals surface area contributed by atoms with E-state index in [-0.39, 0.29) is 5.91 Å². The summed E-state index contributed by atoms with van der Waals surface area (Å²) in [6.45, 7) is 0. The van der Waals surface area contributed by atoms with Gasteiger partial charge in [0.05, 0.1) is 5.55 Å². The van der Waals surface area contributed by atoms with Crippen LogP contribution >= 0.6 is 11.8 Å². The smallest absolute Gasteiger partial charge is 0.270 e. The Labute approximate surface area is 61.2 Å². The summed E-state index contributed by atoms with van der Waals surface area (Å²) >= 11 is 1.38. The number of aliphatic imine (C=N–C) groups is 3. The Balaban J connectivity index is 2.40. The minimum Gasteiger partial charge on any atom is -0.270 e. The Morgan fingerprint density at radius 3 is 3.30 bits per heavy atom. The van der Waals surface area contributed by atoms with Gasteiger partial charge in [-0.15, -0.1) is 0 Å². The Bertz CT molecular complexity index is 268. The summed E-state index contributed by atoms with van der Waals surface area (Å²) in [6.07, 6.45) is 1.27. The molecule has 0 saturated carbocycles. The molecule has 50 valence electrons. The molecule has 2 heterocycles. The van der Waals surface area contributed by atoms with E-state index < -0.39 is 6.04 Å². The fraction of sp³-hybridized carbons (Fsp3) is 0.200. The molecule has 2 rings (SSSR count). The normalized spacial score (nSPS) is 28.6. The van der Waals surface area contributed by atoms with E-state index in [2.05, 4.69) is 15.0 Å². The van der Waals surface area contributed by atoms with Crippen LogP contribution in [0.2, 0.25) is 0 Å². The van der Waals surface area contributed by atoms with Crippen LogP contribution < -0.4 is 0 Å². The standard InChI is InChI=1S/C5H3N3OS/c9-4-3-5(7-1-6-4)10-2-8-3/h1-3H. The molecular formula is C5H3N3OS. The highest BCUT2D eigenvalue weighted by molar-refractivity contribution is 8.25. The molecule has 0 fully saturated rings. The minimum absolute atomic E-state index is 0.216. The monoisotopic (exact) mass is 153 g/mol. The zero-order valence-electron chi connectivity index (χ0n) is 4.89. The fourth-order valence-corrected chi connectivity index (χ4v) is 1.45. The van der Waals surface area contributed by atoms with Gasteiger partial charge in [-0.1, -0.05) is 11.8 Å². The molecule has 0 aromatic rings. The van der Waals surface area contributed by atoms with Gasteiger partial charge in [-0.05, 0) is 0 Å². The number of amides is 1. The number of nitrogens with zero attached hydrogens (tertiary/aromatic N) is 3. The number of hydrogen-bond acceptors (Lipinski definition) is 4. The van der Waals surface area contributed by atoms with Crippen molar-refractivity contribution in [2.45, 2.75) is 6.04 Å². The fourth-order valence-electron chi connectivity index (χ4n) is 0.757. The second-order valence-corrected chi connectivity index (χ2v) is 2.69. The maximum absolute atomic E-state index is 10.9.